The molecule has 62 valence electrons. The molecule has 0 saturated heterocycles. The maximum absolute atomic E-state index is 5.93. The van der Waals surface area contributed by atoms with Crippen LogP contribution in [0, 0.1) is 0 Å². The molecular weight excluding hydrogens is 136 g/mol. The molecule has 0 radical (unpaired) electrons. The summed E-state index contributed by atoms with van der Waals surface area (Å²) in [5, 5.41) is 0. The van der Waals surface area contributed by atoms with Gasteiger partial charge in [0.2, 0.25) is 0 Å². The molecule has 2 N–H and O–H groups in total. The third kappa shape index (κ3) is 1.84. The van der Waals surface area contributed by atoms with E-state index in [0.29, 0.717) is 0 Å². The van der Waals surface area contributed by atoms with Gasteiger partial charge in [-0.15, -0.1) is 0 Å². The summed E-state index contributed by atoms with van der Waals surface area (Å²) in [6.07, 6.45) is 4.25. The third-order valence-electron chi connectivity index (χ3n) is 1.96. The van der Waals surface area contributed by atoms with Crippen molar-refractivity contribution in [3.8, 4) is 0 Å². The Balaban J connectivity index is 2.67. The molecule has 1 aromatic rings. The molecule has 1 atom stereocenters. The Labute approximate surface area is 68.0 Å². The van der Waals surface area contributed by atoms with Gasteiger partial charge in [0.05, 0.1) is 0 Å². The van der Waals surface area contributed by atoms with E-state index in [1.54, 1.807) is 0 Å². The van der Waals surface area contributed by atoms with E-state index in [2.05, 4.69) is 17.6 Å². The van der Waals surface area contributed by atoms with Crippen molar-refractivity contribution in [3.63, 3.8) is 0 Å². The summed E-state index contributed by atoms with van der Waals surface area (Å²) in [7, 11) is 2.03. The Morgan fingerprint density at radius 1 is 1.64 bits per heavy atom. The number of aromatic nitrogens is 1. The van der Waals surface area contributed by atoms with Gasteiger partial charge in [-0.25, -0.2) is 0 Å². The van der Waals surface area contributed by atoms with Crippen LogP contribution >= 0.6 is 0 Å². The molecule has 1 rings (SSSR count). The second-order valence-corrected chi connectivity index (χ2v) is 2.94. The van der Waals surface area contributed by atoms with Crippen LogP contribution in [0.1, 0.15) is 31.5 Å². The monoisotopic (exact) mass is 152 g/mol. The van der Waals surface area contributed by atoms with Crippen LogP contribution in [0.2, 0.25) is 0 Å². The van der Waals surface area contributed by atoms with E-state index in [1.165, 1.54) is 5.69 Å². The van der Waals surface area contributed by atoms with Crippen molar-refractivity contribution in [2.24, 2.45) is 12.8 Å². The first-order chi connectivity index (χ1) is 5.25. The topological polar surface area (TPSA) is 30.9 Å². The molecule has 0 aliphatic heterocycles. The van der Waals surface area contributed by atoms with Gasteiger partial charge in [0.25, 0.3) is 0 Å². The number of hydrogen-bond acceptors (Lipinski definition) is 1. The largest absolute Gasteiger partial charge is 0.353 e. The highest BCUT2D eigenvalue weighted by molar-refractivity contribution is 5.10. The average Bonchev–Trinajstić information content (AvgIpc) is 2.36. The van der Waals surface area contributed by atoms with Crippen molar-refractivity contribution in [2.75, 3.05) is 0 Å². The number of rotatable bonds is 3. The zero-order valence-electron chi connectivity index (χ0n) is 7.25. The van der Waals surface area contributed by atoms with Crippen LogP contribution in [0.5, 0.6) is 0 Å². The zero-order valence-corrected chi connectivity index (χ0v) is 7.25. The Morgan fingerprint density at radius 2 is 2.36 bits per heavy atom. The summed E-state index contributed by atoms with van der Waals surface area (Å²) >= 11 is 0. The standard InChI is InChI=1S/C9H16N2/c1-3-5-8(10)9-6-4-7-11(9)2/h4,6-8H,3,5,10H2,1-2H3/t8-/m0/s1. The Morgan fingerprint density at radius 3 is 2.82 bits per heavy atom. The molecule has 0 unspecified atom stereocenters. The molecule has 0 aromatic carbocycles. The maximum Gasteiger partial charge on any atom is 0.0449 e. The first-order valence-electron chi connectivity index (χ1n) is 4.12. The van der Waals surface area contributed by atoms with Crippen LogP contribution in [-0.2, 0) is 7.05 Å². The molecule has 11 heavy (non-hydrogen) atoms. The van der Waals surface area contributed by atoms with Crippen molar-refractivity contribution in [1.29, 1.82) is 0 Å². The lowest BCUT2D eigenvalue weighted by Crippen LogP contribution is -2.13. The van der Waals surface area contributed by atoms with Crippen LogP contribution < -0.4 is 5.73 Å². The third-order valence-corrected chi connectivity index (χ3v) is 1.96. The van der Waals surface area contributed by atoms with E-state index in [9.17, 15) is 0 Å². The second-order valence-electron chi connectivity index (χ2n) is 2.94. The molecular formula is C9H16N2. The van der Waals surface area contributed by atoms with Crippen molar-refractivity contribution >= 4 is 0 Å². The van der Waals surface area contributed by atoms with Gasteiger partial charge < -0.3 is 10.3 Å². The summed E-state index contributed by atoms with van der Waals surface area (Å²) in [4.78, 5) is 0. The SMILES string of the molecule is CCC[C@H](N)c1cccn1C. The molecule has 0 amide bonds. The Bertz CT molecular complexity index is 215. The highest BCUT2D eigenvalue weighted by Crippen LogP contribution is 2.14. The number of nitrogens with two attached hydrogens (primary N) is 1. The lowest BCUT2D eigenvalue weighted by atomic mass is 10.1. The molecule has 0 fully saturated rings. The summed E-state index contributed by atoms with van der Waals surface area (Å²) < 4.78 is 2.08. The fourth-order valence-electron chi connectivity index (χ4n) is 1.32. The molecule has 0 aliphatic carbocycles. The van der Waals surface area contributed by atoms with Crippen LogP contribution in [0.3, 0.4) is 0 Å². The van der Waals surface area contributed by atoms with Gasteiger partial charge in [0.1, 0.15) is 0 Å². The molecule has 0 aliphatic rings. The van der Waals surface area contributed by atoms with Crippen molar-refractivity contribution < 1.29 is 0 Å². The smallest absolute Gasteiger partial charge is 0.0449 e. The quantitative estimate of drug-likeness (QED) is 0.703. The minimum atomic E-state index is 0.208. The van der Waals surface area contributed by atoms with Gasteiger partial charge >= 0.3 is 0 Å². The normalized spacial score (nSPS) is 13.4. The molecule has 0 saturated carbocycles. The summed E-state index contributed by atoms with van der Waals surface area (Å²) in [5.41, 5.74) is 7.16. The number of hydrogen-bond donors (Lipinski definition) is 1. The molecule has 2 nitrogen and oxygen atoms in total. The molecule has 1 heterocycles. The van der Waals surface area contributed by atoms with Crippen LogP contribution in [0.4, 0.5) is 0 Å². The van der Waals surface area contributed by atoms with Gasteiger partial charge in [-0.05, 0) is 18.6 Å². The van der Waals surface area contributed by atoms with E-state index in [1.807, 2.05) is 19.3 Å². The van der Waals surface area contributed by atoms with Crippen molar-refractivity contribution in [2.45, 2.75) is 25.8 Å². The number of nitrogens with zero attached hydrogens (tertiary/aromatic N) is 1. The fourth-order valence-corrected chi connectivity index (χ4v) is 1.32. The van der Waals surface area contributed by atoms with Crippen LogP contribution in [0.15, 0.2) is 18.3 Å². The van der Waals surface area contributed by atoms with E-state index < -0.39 is 0 Å². The Kier molecular flexibility index (Phi) is 2.71. The van der Waals surface area contributed by atoms with Gasteiger partial charge in [-0.1, -0.05) is 13.3 Å². The van der Waals surface area contributed by atoms with Gasteiger partial charge in [0, 0.05) is 25.0 Å². The second kappa shape index (κ2) is 3.58. The highest BCUT2D eigenvalue weighted by Gasteiger charge is 2.06. The Hall–Kier alpha value is -0.760. The summed E-state index contributed by atoms with van der Waals surface area (Å²) in [5.74, 6) is 0. The predicted octanol–water partition coefficient (Wildman–Crippen LogP) is 1.82. The fraction of sp³-hybridized carbons (Fsp3) is 0.556. The average molecular weight is 152 g/mol. The molecule has 1 aromatic heterocycles. The van der Waals surface area contributed by atoms with E-state index >= 15 is 0 Å². The molecule has 0 bridgehead atoms. The van der Waals surface area contributed by atoms with E-state index in [-0.39, 0.29) is 6.04 Å². The van der Waals surface area contributed by atoms with Gasteiger partial charge in [-0.3, -0.25) is 0 Å². The van der Waals surface area contributed by atoms with E-state index in [4.69, 9.17) is 5.73 Å². The molecule has 0 spiro atoms. The van der Waals surface area contributed by atoms with Crippen LogP contribution in [-0.4, -0.2) is 4.57 Å². The minimum absolute atomic E-state index is 0.208. The highest BCUT2D eigenvalue weighted by atomic mass is 14.9. The number of aryl methyl sites for hydroxylation is 1. The maximum atomic E-state index is 5.93. The van der Waals surface area contributed by atoms with Crippen molar-refractivity contribution in [1.82, 2.24) is 4.57 Å². The zero-order chi connectivity index (χ0) is 8.27. The van der Waals surface area contributed by atoms with Gasteiger partial charge in [0.15, 0.2) is 0 Å². The predicted molar refractivity (Wildman–Crippen MR) is 47.2 cm³/mol. The molecule has 2 heteroatoms. The van der Waals surface area contributed by atoms with Crippen LogP contribution in [0.25, 0.3) is 0 Å². The summed E-state index contributed by atoms with van der Waals surface area (Å²) in [6.45, 7) is 2.16. The van der Waals surface area contributed by atoms with Gasteiger partial charge in [-0.2, -0.15) is 0 Å². The minimum Gasteiger partial charge on any atom is -0.353 e. The summed E-state index contributed by atoms with van der Waals surface area (Å²) in [6, 6.07) is 4.32. The lowest BCUT2D eigenvalue weighted by Gasteiger charge is -2.10. The first-order valence-corrected chi connectivity index (χ1v) is 4.12. The lowest BCUT2D eigenvalue weighted by molar-refractivity contribution is 0.597. The first kappa shape index (κ1) is 8.34. The van der Waals surface area contributed by atoms with Crippen molar-refractivity contribution in [3.05, 3.63) is 24.0 Å². The van der Waals surface area contributed by atoms with E-state index in [0.717, 1.165) is 12.8 Å².